The third-order valence-electron chi connectivity index (χ3n) is 3.91. The molecule has 28 heavy (non-hydrogen) atoms. The van der Waals surface area contributed by atoms with Gasteiger partial charge in [-0.2, -0.15) is 0 Å². The monoisotopic (exact) mass is 376 g/mol. The van der Waals surface area contributed by atoms with Crippen molar-refractivity contribution in [3.63, 3.8) is 0 Å². The first-order valence-electron chi connectivity index (χ1n) is 8.34. The van der Waals surface area contributed by atoms with Crippen LogP contribution in [0.4, 0.5) is 5.69 Å². The standard InChI is InChI=1S/C21H16N2O5/c1-14-12-17(23(26)27)20(22-13-14)28-19(21(24)25)18(15-8-4-2-5-9-15)16-10-6-3-7-11-16/h2-13H,1H3,(H,24,25). The number of ether oxygens (including phenoxy) is 1. The van der Waals surface area contributed by atoms with Gasteiger partial charge < -0.3 is 9.84 Å². The van der Waals surface area contributed by atoms with Crippen molar-refractivity contribution >= 4 is 17.2 Å². The van der Waals surface area contributed by atoms with E-state index in [4.69, 9.17) is 4.74 Å². The number of hydrogen-bond acceptors (Lipinski definition) is 5. The van der Waals surface area contributed by atoms with Crippen LogP contribution in [0.5, 0.6) is 5.88 Å². The summed E-state index contributed by atoms with van der Waals surface area (Å²) in [5, 5.41) is 21.2. The number of carbonyl (C=O) groups is 1. The molecule has 0 bridgehead atoms. The lowest BCUT2D eigenvalue weighted by Crippen LogP contribution is -2.13. The second-order valence-electron chi connectivity index (χ2n) is 5.94. The van der Waals surface area contributed by atoms with E-state index in [9.17, 15) is 20.0 Å². The molecule has 3 rings (SSSR count). The Labute approximate surface area is 160 Å². The first kappa shape index (κ1) is 18.8. The molecule has 1 aromatic heterocycles. The lowest BCUT2D eigenvalue weighted by atomic mass is 9.96. The number of aliphatic carboxylic acids is 1. The summed E-state index contributed by atoms with van der Waals surface area (Å²) in [4.78, 5) is 26.7. The average Bonchev–Trinajstić information content (AvgIpc) is 2.70. The molecular formula is C21H16N2O5. The van der Waals surface area contributed by atoms with Crippen molar-refractivity contribution in [1.29, 1.82) is 0 Å². The zero-order chi connectivity index (χ0) is 20.1. The highest BCUT2D eigenvalue weighted by Crippen LogP contribution is 2.32. The van der Waals surface area contributed by atoms with Gasteiger partial charge in [0.25, 0.3) is 5.88 Å². The van der Waals surface area contributed by atoms with E-state index in [0.717, 1.165) is 0 Å². The Morgan fingerprint density at radius 1 is 1.04 bits per heavy atom. The van der Waals surface area contributed by atoms with E-state index >= 15 is 0 Å². The van der Waals surface area contributed by atoms with E-state index in [0.29, 0.717) is 22.3 Å². The van der Waals surface area contributed by atoms with E-state index in [1.165, 1.54) is 12.3 Å². The summed E-state index contributed by atoms with van der Waals surface area (Å²) in [5.41, 5.74) is 1.65. The van der Waals surface area contributed by atoms with Gasteiger partial charge in [-0.3, -0.25) is 10.1 Å². The van der Waals surface area contributed by atoms with Crippen molar-refractivity contribution in [3.05, 3.63) is 105 Å². The normalized spacial score (nSPS) is 10.2. The maximum Gasteiger partial charge on any atom is 0.372 e. The Morgan fingerprint density at radius 3 is 2.04 bits per heavy atom. The van der Waals surface area contributed by atoms with Crippen LogP contribution in [0.25, 0.3) is 5.57 Å². The molecule has 0 saturated carbocycles. The molecule has 0 aliphatic heterocycles. The number of hydrogen-bond donors (Lipinski definition) is 1. The molecule has 140 valence electrons. The lowest BCUT2D eigenvalue weighted by Gasteiger charge is -2.14. The number of pyridine rings is 1. The van der Waals surface area contributed by atoms with Gasteiger partial charge in [0.2, 0.25) is 5.76 Å². The van der Waals surface area contributed by atoms with Gasteiger partial charge in [0.1, 0.15) is 0 Å². The number of aromatic nitrogens is 1. The van der Waals surface area contributed by atoms with Gasteiger partial charge in [-0.15, -0.1) is 0 Å². The number of carboxylic acid groups (broad SMARTS) is 1. The van der Waals surface area contributed by atoms with Gasteiger partial charge >= 0.3 is 11.7 Å². The van der Waals surface area contributed by atoms with Crippen LogP contribution in [-0.2, 0) is 4.79 Å². The van der Waals surface area contributed by atoms with Crippen LogP contribution in [0.15, 0.2) is 78.7 Å². The topological polar surface area (TPSA) is 103 Å². The minimum Gasteiger partial charge on any atom is -0.475 e. The van der Waals surface area contributed by atoms with Crippen LogP contribution in [0.1, 0.15) is 16.7 Å². The van der Waals surface area contributed by atoms with Gasteiger partial charge in [-0.05, 0) is 23.6 Å². The minimum atomic E-state index is -1.36. The first-order valence-corrected chi connectivity index (χ1v) is 8.34. The van der Waals surface area contributed by atoms with Crippen molar-refractivity contribution in [3.8, 4) is 5.88 Å². The van der Waals surface area contributed by atoms with Gasteiger partial charge in [0.15, 0.2) is 0 Å². The summed E-state index contributed by atoms with van der Waals surface area (Å²) in [7, 11) is 0. The SMILES string of the molecule is Cc1cnc(OC(C(=O)O)=C(c2ccccc2)c2ccccc2)c([N+](=O)[O-])c1. The summed E-state index contributed by atoms with van der Waals surface area (Å²) >= 11 is 0. The highest BCUT2D eigenvalue weighted by molar-refractivity contribution is 5.99. The van der Waals surface area contributed by atoms with Crippen LogP contribution in [0.2, 0.25) is 0 Å². The Kier molecular flexibility index (Phi) is 5.45. The molecule has 0 fully saturated rings. The fourth-order valence-electron chi connectivity index (χ4n) is 2.69. The van der Waals surface area contributed by atoms with Gasteiger partial charge in [0.05, 0.1) is 4.92 Å². The second kappa shape index (κ2) is 8.13. The van der Waals surface area contributed by atoms with E-state index in [1.54, 1.807) is 67.6 Å². The minimum absolute atomic E-state index is 0.297. The van der Waals surface area contributed by atoms with Crippen molar-refractivity contribution in [2.45, 2.75) is 6.92 Å². The van der Waals surface area contributed by atoms with Crippen LogP contribution >= 0.6 is 0 Å². The van der Waals surface area contributed by atoms with E-state index in [-0.39, 0.29) is 5.88 Å². The van der Waals surface area contributed by atoms with Crippen molar-refractivity contribution in [2.75, 3.05) is 0 Å². The zero-order valence-electron chi connectivity index (χ0n) is 14.9. The molecule has 2 aromatic carbocycles. The molecule has 0 aliphatic rings. The summed E-state index contributed by atoms with van der Waals surface area (Å²) in [5.74, 6) is -2.19. The number of carboxylic acids is 1. The Hall–Kier alpha value is -4.00. The van der Waals surface area contributed by atoms with Gasteiger partial charge in [-0.25, -0.2) is 9.78 Å². The number of nitro groups is 1. The van der Waals surface area contributed by atoms with Crippen LogP contribution in [0, 0.1) is 17.0 Å². The third kappa shape index (κ3) is 4.04. The predicted molar refractivity (Wildman–Crippen MR) is 103 cm³/mol. The lowest BCUT2D eigenvalue weighted by molar-refractivity contribution is -0.386. The molecule has 1 N–H and O–H groups in total. The fraction of sp³-hybridized carbons (Fsp3) is 0.0476. The van der Waals surface area contributed by atoms with Crippen molar-refractivity contribution in [1.82, 2.24) is 4.98 Å². The molecule has 1 heterocycles. The van der Waals surface area contributed by atoms with Crippen LogP contribution in [-0.4, -0.2) is 21.0 Å². The molecule has 0 saturated heterocycles. The first-order chi connectivity index (χ1) is 13.5. The summed E-state index contributed by atoms with van der Waals surface area (Å²) in [6.45, 7) is 1.65. The maximum atomic E-state index is 12.1. The maximum absolute atomic E-state index is 12.1. The Morgan fingerprint density at radius 2 is 1.57 bits per heavy atom. The average molecular weight is 376 g/mol. The number of nitrogens with zero attached hydrogens (tertiary/aromatic N) is 2. The predicted octanol–water partition coefficient (Wildman–Crippen LogP) is 4.22. The molecule has 7 heteroatoms. The highest BCUT2D eigenvalue weighted by Gasteiger charge is 2.25. The third-order valence-corrected chi connectivity index (χ3v) is 3.91. The summed E-state index contributed by atoms with van der Waals surface area (Å²) in [6, 6.07) is 18.9. The second-order valence-corrected chi connectivity index (χ2v) is 5.94. The molecule has 0 unspecified atom stereocenters. The molecule has 0 amide bonds. The molecule has 0 radical (unpaired) electrons. The number of rotatable bonds is 6. The largest absolute Gasteiger partial charge is 0.475 e. The quantitative estimate of drug-likeness (QED) is 0.299. The molecule has 0 atom stereocenters. The number of aryl methyl sites for hydroxylation is 1. The summed E-state index contributed by atoms with van der Waals surface area (Å²) in [6.07, 6.45) is 1.38. The number of benzene rings is 2. The van der Waals surface area contributed by atoms with Crippen molar-refractivity contribution < 1.29 is 19.6 Å². The van der Waals surface area contributed by atoms with Crippen LogP contribution < -0.4 is 4.74 Å². The molecule has 7 nitrogen and oxygen atoms in total. The van der Waals surface area contributed by atoms with Gasteiger partial charge in [0, 0.05) is 17.8 Å². The molecule has 0 aliphatic carbocycles. The molecule has 3 aromatic rings. The van der Waals surface area contributed by atoms with Gasteiger partial charge in [-0.1, -0.05) is 60.7 Å². The fourth-order valence-corrected chi connectivity index (χ4v) is 2.69. The van der Waals surface area contributed by atoms with Crippen molar-refractivity contribution in [2.24, 2.45) is 0 Å². The van der Waals surface area contributed by atoms with Crippen LogP contribution in [0.3, 0.4) is 0 Å². The molecular weight excluding hydrogens is 360 g/mol. The summed E-state index contributed by atoms with van der Waals surface area (Å²) < 4.78 is 5.52. The highest BCUT2D eigenvalue weighted by atomic mass is 16.6. The van der Waals surface area contributed by atoms with E-state index < -0.39 is 22.3 Å². The molecule has 0 spiro atoms. The van der Waals surface area contributed by atoms with E-state index in [2.05, 4.69) is 4.98 Å². The van der Waals surface area contributed by atoms with E-state index in [1.807, 2.05) is 0 Å². The Balaban J connectivity index is 2.23. The Bertz CT molecular complexity index is 1010. The zero-order valence-corrected chi connectivity index (χ0v) is 14.9. The smallest absolute Gasteiger partial charge is 0.372 e.